The summed E-state index contributed by atoms with van der Waals surface area (Å²) in [6.07, 6.45) is 8.00. The predicted molar refractivity (Wildman–Crippen MR) is 324 cm³/mol. The van der Waals surface area contributed by atoms with Crippen LogP contribution in [0.4, 0.5) is 0 Å². The molecule has 3 fully saturated rings. The molecule has 3 saturated heterocycles. The molecule has 0 aliphatic carbocycles. The highest BCUT2D eigenvalue weighted by molar-refractivity contribution is 5.80. The first-order valence-electron chi connectivity index (χ1n) is 33.8. The quantitative estimate of drug-likeness (QED) is 0.0352. The van der Waals surface area contributed by atoms with Crippen LogP contribution >= 0.6 is 0 Å². The number of unbranched alkanes of at least 4 members (excludes halogenated alkanes) is 29. The number of aliphatic hydroxyl groups excluding tert-OH is 12. The zero-order chi connectivity index (χ0) is 63.2. The van der Waals surface area contributed by atoms with Gasteiger partial charge in [0.1, 0.15) is 85.4 Å². The minimum absolute atomic E-state index is 0.122. The van der Waals surface area contributed by atoms with Gasteiger partial charge in [-0.2, -0.15) is 0 Å². The molecule has 0 aromatic rings. The average Bonchev–Trinajstić information content (AvgIpc) is 2.72. The molecule has 0 saturated carbocycles. The van der Waals surface area contributed by atoms with E-state index in [1.165, 1.54) is 135 Å². The first-order chi connectivity index (χ1) is 41.4. The summed E-state index contributed by atoms with van der Waals surface area (Å²) >= 11 is 0. The van der Waals surface area contributed by atoms with Gasteiger partial charge in [0, 0.05) is 6.92 Å². The lowest BCUT2D eigenvalue weighted by atomic mass is 9.95. The number of ether oxygens (including phenoxy) is 6. The van der Waals surface area contributed by atoms with E-state index in [2.05, 4.69) is 31.4 Å². The molecule has 0 unspecified atom stereocenters. The summed E-state index contributed by atoms with van der Waals surface area (Å²) in [5.41, 5.74) is 0. The Balaban J connectivity index is 1.68. The minimum Gasteiger partial charge on any atom is -0.394 e. The third-order valence-electron chi connectivity index (χ3n) is 17.5. The Morgan fingerprint density at radius 3 is 1.28 bits per heavy atom. The molecule has 22 heteroatoms. The van der Waals surface area contributed by atoms with Crippen molar-refractivity contribution in [1.82, 2.24) is 10.6 Å². The third kappa shape index (κ3) is 29.7. The number of hydrogen-bond donors (Lipinski definition) is 14. The molecular weight excluding hydrogens is 1120 g/mol. The van der Waals surface area contributed by atoms with Gasteiger partial charge in [-0.1, -0.05) is 226 Å². The van der Waals surface area contributed by atoms with Crippen molar-refractivity contribution in [3.63, 3.8) is 0 Å². The fourth-order valence-corrected chi connectivity index (χ4v) is 11.9. The van der Waals surface area contributed by atoms with Crippen LogP contribution in [0, 0.1) is 5.92 Å². The monoisotopic (exact) mass is 1240 g/mol. The normalized spacial score (nSPS) is 29.4. The summed E-state index contributed by atoms with van der Waals surface area (Å²) in [5, 5.41) is 136. The van der Waals surface area contributed by atoms with E-state index in [1.54, 1.807) is 0 Å². The summed E-state index contributed by atoms with van der Waals surface area (Å²) in [4.78, 5) is 26.2. The Morgan fingerprint density at radius 2 is 0.837 bits per heavy atom. The number of carbonyl (C=O) groups is 2. The number of aliphatic hydroxyl groups is 12. The second kappa shape index (κ2) is 46.3. The molecule has 14 N–H and O–H groups in total. The number of hydrogen-bond acceptors (Lipinski definition) is 20. The van der Waals surface area contributed by atoms with Crippen molar-refractivity contribution >= 4 is 11.8 Å². The lowest BCUT2D eigenvalue weighted by Gasteiger charge is -2.49. The molecule has 3 aliphatic heterocycles. The van der Waals surface area contributed by atoms with Crippen molar-refractivity contribution in [2.24, 2.45) is 5.92 Å². The average molecular weight is 1240 g/mol. The van der Waals surface area contributed by atoms with Crippen LogP contribution in [0.2, 0.25) is 0 Å². The number of nitrogens with one attached hydrogen (secondary N) is 2. The fraction of sp³-hybridized carbons (Fsp3) is 0.969. The van der Waals surface area contributed by atoms with Gasteiger partial charge in [0.25, 0.3) is 0 Å². The maximum Gasteiger partial charge on any atom is 0.249 e. The van der Waals surface area contributed by atoms with Crippen molar-refractivity contribution in [3.05, 3.63) is 0 Å². The molecule has 0 bridgehead atoms. The van der Waals surface area contributed by atoms with Crippen molar-refractivity contribution in [2.45, 2.75) is 362 Å². The van der Waals surface area contributed by atoms with Crippen molar-refractivity contribution < 1.29 is 99.3 Å². The Labute approximate surface area is 514 Å². The molecule has 86 heavy (non-hydrogen) atoms. The molecule has 19 atom stereocenters. The highest BCUT2D eigenvalue weighted by Crippen LogP contribution is 2.34. The number of amides is 2. The van der Waals surface area contributed by atoms with E-state index in [4.69, 9.17) is 28.4 Å². The van der Waals surface area contributed by atoms with Crippen LogP contribution in [-0.4, -0.2) is 216 Å². The van der Waals surface area contributed by atoms with Gasteiger partial charge in [-0.05, 0) is 18.8 Å². The molecule has 508 valence electrons. The maximum atomic E-state index is 13.8. The van der Waals surface area contributed by atoms with Gasteiger partial charge >= 0.3 is 0 Å². The number of rotatable bonds is 50. The largest absolute Gasteiger partial charge is 0.394 e. The lowest BCUT2D eigenvalue weighted by Crippen LogP contribution is -2.69. The van der Waals surface area contributed by atoms with Crippen molar-refractivity contribution in [3.8, 4) is 0 Å². The molecule has 0 radical (unpaired) electrons. The van der Waals surface area contributed by atoms with Gasteiger partial charge in [-0.15, -0.1) is 0 Å². The first kappa shape index (κ1) is 78.5. The summed E-state index contributed by atoms with van der Waals surface area (Å²) in [6, 6.07) is -3.01. The zero-order valence-corrected chi connectivity index (χ0v) is 53.0. The summed E-state index contributed by atoms with van der Waals surface area (Å²) in [5.74, 6) is -0.855. The third-order valence-corrected chi connectivity index (χ3v) is 17.5. The number of carbonyl (C=O) groups excluding carboxylic acids is 2. The Morgan fingerprint density at radius 1 is 0.453 bits per heavy atom. The molecule has 3 heterocycles. The van der Waals surface area contributed by atoms with E-state index >= 15 is 0 Å². The molecule has 0 aromatic carbocycles. The van der Waals surface area contributed by atoms with Crippen LogP contribution in [0.1, 0.15) is 246 Å². The van der Waals surface area contributed by atoms with E-state index in [9.17, 15) is 70.9 Å². The molecular formula is C64H122N2O20. The predicted octanol–water partition coefficient (Wildman–Crippen LogP) is 5.10. The van der Waals surface area contributed by atoms with Crippen molar-refractivity contribution in [2.75, 3.05) is 26.4 Å². The smallest absolute Gasteiger partial charge is 0.249 e. The minimum atomic E-state index is -2.03. The molecule has 3 rings (SSSR count). The van der Waals surface area contributed by atoms with Crippen LogP contribution in [0.15, 0.2) is 0 Å². The summed E-state index contributed by atoms with van der Waals surface area (Å²) < 4.78 is 36.0. The van der Waals surface area contributed by atoms with E-state index in [-0.39, 0.29) is 12.8 Å². The second-order valence-electron chi connectivity index (χ2n) is 25.4. The highest BCUT2D eigenvalue weighted by atomic mass is 16.8. The van der Waals surface area contributed by atoms with Gasteiger partial charge in [0.2, 0.25) is 11.8 Å². The molecule has 0 spiro atoms. The topological polar surface area (TPSA) is 356 Å². The standard InChI is InChI=1S/C64H122N2O20/c1-5-6-7-8-9-10-11-12-13-14-15-16-17-18-19-20-21-22-25-29-32-35-38-47(72)61(80)66-45(52(73)46(71)37-34-31-28-26-23-24-27-30-33-36-43(2)3)42-81-64-60(86-63-58(79)57(78)54(75)49(40-68)83-63)59(55(76)50(41-69)84-64)85-62-51(65-44(4)70)56(77)53(74)48(39-67)82-62/h43,45-60,62-64,67-69,71-79H,5-42H2,1-4H3,(H,65,70)(H,66,80)/t45-,46+,47+,48+,49+,50+,51+,52-,53-,54-,55-,56+,57-,58+,59-,60+,62+,63+,64-/m0/s1. The van der Waals surface area contributed by atoms with Crippen LogP contribution in [0.3, 0.4) is 0 Å². The van der Waals surface area contributed by atoms with E-state index < -0.39 is 155 Å². The second-order valence-corrected chi connectivity index (χ2v) is 25.4. The van der Waals surface area contributed by atoms with Crippen LogP contribution in [-0.2, 0) is 38.0 Å². The van der Waals surface area contributed by atoms with E-state index in [1.807, 2.05) is 0 Å². The maximum absolute atomic E-state index is 13.8. The zero-order valence-electron chi connectivity index (χ0n) is 53.0. The van der Waals surface area contributed by atoms with E-state index in [0.29, 0.717) is 18.8 Å². The van der Waals surface area contributed by atoms with Crippen LogP contribution in [0.5, 0.6) is 0 Å². The van der Waals surface area contributed by atoms with Crippen LogP contribution < -0.4 is 10.6 Å². The SMILES string of the molecule is CCCCCCCCCCCCCCCCCCCCCCCC[C@@H](O)C(=O)N[C@@H](CO[C@H]1O[C@H](CO)[C@H](O)[C@H](O[C@H]2O[C@H](CO)[C@H](O)[C@H](O)[C@H]2NC(C)=O)[C@H]1O[C@H]1O[C@H](CO)[C@H](O)[C@H](O)[C@H]1O)[C@H](O)[C@H](O)CCCCCCCCCCCC(C)C. The lowest BCUT2D eigenvalue weighted by molar-refractivity contribution is -0.387. The van der Waals surface area contributed by atoms with Gasteiger partial charge in [-0.25, -0.2) is 0 Å². The van der Waals surface area contributed by atoms with Gasteiger partial charge in [0.15, 0.2) is 18.9 Å². The fourth-order valence-electron chi connectivity index (χ4n) is 11.9. The Kier molecular flexibility index (Phi) is 42.2. The molecule has 2 amide bonds. The highest BCUT2D eigenvalue weighted by Gasteiger charge is 2.55. The van der Waals surface area contributed by atoms with Crippen molar-refractivity contribution in [1.29, 1.82) is 0 Å². The van der Waals surface area contributed by atoms with Gasteiger partial charge < -0.3 is 100 Å². The van der Waals surface area contributed by atoms with Crippen LogP contribution in [0.25, 0.3) is 0 Å². The Bertz CT molecular complexity index is 1690. The molecule has 3 aliphatic rings. The van der Waals surface area contributed by atoms with E-state index in [0.717, 1.165) is 64.7 Å². The summed E-state index contributed by atoms with van der Waals surface area (Å²) in [7, 11) is 0. The van der Waals surface area contributed by atoms with Gasteiger partial charge in [-0.3, -0.25) is 9.59 Å². The summed E-state index contributed by atoms with van der Waals surface area (Å²) in [6.45, 7) is 4.54. The van der Waals surface area contributed by atoms with Gasteiger partial charge in [0.05, 0.1) is 38.6 Å². The Hall–Kier alpha value is -1.78. The molecule has 22 nitrogen and oxygen atoms in total. The first-order valence-corrected chi connectivity index (χ1v) is 33.8. The molecule has 0 aromatic heterocycles.